The molecule has 0 aliphatic heterocycles. The first-order valence-electron chi connectivity index (χ1n) is 6.79. The van der Waals surface area contributed by atoms with E-state index < -0.39 is 0 Å². The summed E-state index contributed by atoms with van der Waals surface area (Å²) in [5, 5.41) is 0. The first-order valence-corrected chi connectivity index (χ1v) is 6.79. The van der Waals surface area contributed by atoms with Crippen LogP contribution in [-0.2, 0) is 7.05 Å². The van der Waals surface area contributed by atoms with Crippen molar-refractivity contribution in [1.82, 2.24) is 9.55 Å². The lowest BCUT2D eigenvalue weighted by molar-refractivity contribution is 0.514. The van der Waals surface area contributed by atoms with Crippen LogP contribution in [0.5, 0.6) is 0 Å². The third-order valence-electron chi connectivity index (χ3n) is 3.99. The molecule has 1 saturated carbocycles. The zero-order valence-corrected chi connectivity index (χ0v) is 11.4. The van der Waals surface area contributed by atoms with Crippen molar-refractivity contribution >= 4 is 11.0 Å². The Morgan fingerprint density at radius 3 is 2.67 bits per heavy atom. The second kappa shape index (κ2) is 4.09. The molecule has 2 aromatic rings. The van der Waals surface area contributed by atoms with Gasteiger partial charge >= 0.3 is 0 Å². The van der Waals surface area contributed by atoms with Gasteiger partial charge in [-0.2, -0.15) is 0 Å². The van der Waals surface area contributed by atoms with E-state index in [2.05, 4.69) is 43.7 Å². The van der Waals surface area contributed by atoms with Crippen LogP contribution in [0.3, 0.4) is 0 Å². The Hall–Kier alpha value is -1.35. The van der Waals surface area contributed by atoms with Crippen LogP contribution in [0, 0.1) is 5.92 Å². The summed E-state index contributed by atoms with van der Waals surface area (Å²) in [6, 6.07) is 6.56. The van der Waals surface area contributed by atoms with E-state index in [1.54, 1.807) is 0 Å². The fourth-order valence-electron chi connectivity index (χ4n) is 2.53. The minimum atomic E-state index is 0.0979. The average Bonchev–Trinajstić information content (AvgIpc) is 3.14. The van der Waals surface area contributed by atoms with E-state index in [-0.39, 0.29) is 6.04 Å². The van der Waals surface area contributed by atoms with E-state index in [1.807, 2.05) is 0 Å². The van der Waals surface area contributed by atoms with Crippen LogP contribution < -0.4 is 5.73 Å². The van der Waals surface area contributed by atoms with E-state index in [9.17, 15) is 0 Å². The number of imidazole rings is 1. The molecule has 1 unspecified atom stereocenters. The Balaban J connectivity index is 2.06. The highest BCUT2D eigenvalue weighted by Crippen LogP contribution is 2.40. The molecular formula is C15H21N3. The van der Waals surface area contributed by atoms with Crippen LogP contribution in [0.15, 0.2) is 18.2 Å². The van der Waals surface area contributed by atoms with Crippen LogP contribution >= 0.6 is 0 Å². The largest absolute Gasteiger partial charge is 0.331 e. The molecule has 1 aromatic heterocycles. The molecule has 2 N–H and O–H groups in total. The molecule has 0 radical (unpaired) electrons. The smallest absolute Gasteiger partial charge is 0.112 e. The highest BCUT2D eigenvalue weighted by molar-refractivity contribution is 5.77. The van der Waals surface area contributed by atoms with E-state index in [1.165, 1.54) is 29.7 Å². The van der Waals surface area contributed by atoms with E-state index in [4.69, 9.17) is 10.7 Å². The van der Waals surface area contributed by atoms with E-state index in [0.29, 0.717) is 11.8 Å². The van der Waals surface area contributed by atoms with Crippen molar-refractivity contribution in [2.45, 2.75) is 38.6 Å². The van der Waals surface area contributed by atoms with Gasteiger partial charge in [0.2, 0.25) is 0 Å². The molecule has 1 aliphatic rings. The summed E-state index contributed by atoms with van der Waals surface area (Å²) in [6.07, 6.45) is 2.57. The van der Waals surface area contributed by atoms with Gasteiger partial charge in [0.1, 0.15) is 5.82 Å². The standard InChI is InChI=1S/C15H21N3/c1-9(2)14(16)11-6-7-13-12(8-11)17-15(18(13)3)10-4-5-10/h6-10,14H,4-5,16H2,1-3H3. The van der Waals surface area contributed by atoms with Gasteiger partial charge in [-0.25, -0.2) is 4.98 Å². The van der Waals surface area contributed by atoms with Crippen molar-refractivity contribution in [3.05, 3.63) is 29.6 Å². The maximum absolute atomic E-state index is 6.21. The number of benzene rings is 1. The van der Waals surface area contributed by atoms with Crippen molar-refractivity contribution in [2.24, 2.45) is 18.7 Å². The number of nitrogens with zero attached hydrogens (tertiary/aromatic N) is 2. The molecule has 96 valence electrons. The van der Waals surface area contributed by atoms with E-state index >= 15 is 0 Å². The molecule has 18 heavy (non-hydrogen) atoms. The molecule has 1 atom stereocenters. The van der Waals surface area contributed by atoms with Gasteiger partial charge in [0, 0.05) is 19.0 Å². The Bertz CT molecular complexity index is 579. The summed E-state index contributed by atoms with van der Waals surface area (Å²) in [4.78, 5) is 4.78. The second-order valence-electron chi connectivity index (χ2n) is 5.82. The SMILES string of the molecule is CC(C)C(N)c1ccc2c(c1)nc(C1CC1)n2C. The highest BCUT2D eigenvalue weighted by Gasteiger charge is 2.28. The van der Waals surface area contributed by atoms with Gasteiger partial charge in [-0.1, -0.05) is 19.9 Å². The number of hydrogen-bond donors (Lipinski definition) is 1. The summed E-state index contributed by atoms with van der Waals surface area (Å²) >= 11 is 0. The number of aromatic nitrogens is 2. The predicted molar refractivity (Wildman–Crippen MR) is 74.5 cm³/mol. The van der Waals surface area contributed by atoms with Gasteiger partial charge in [0.05, 0.1) is 11.0 Å². The predicted octanol–water partition coefficient (Wildman–Crippen LogP) is 3.11. The maximum atomic E-state index is 6.21. The molecule has 1 aliphatic carbocycles. The van der Waals surface area contributed by atoms with Gasteiger partial charge in [-0.05, 0) is 36.5 Å². The Morgan fingerprint density at radius 2 is 2.06 bits per heavy atom. The molecule has 1 heterocycles. The zero-order valence-electron chi connectivity index (χ0n) is 11.4. The van der Waals surface area contributed by atoms with Gasteiger partial charge in [-0.15, -0.1) is 0 Å². The van der Waals surface area contributed by atoms with Crippen LogP contribution in [0.2, 0.25) is 0 Å². The van der Waals surface area contributed by atoms with Gasteiger partial charge in [-0.3, -0.25) is 0 Å². The molecule has 0 saturated heterocycles. The molecule has 3 heteroatoms. The highest BCUT2D eigenvalue weighted by atomic mass is 15.1. The number of nitrogens with two attached hydrogens (primary N) is 1. The molecule has 1 aromatic carbocycles. The van der Waals surface area contributed by atoms with Crippen molar-refractivity contribution < 1.29 is 0 Å². The average molecular weight is 243 g/mol. The molecule has 3 nitrogen and oxygen atoms in total. The number of hydrogen-bond acceptors (Lipinski definition) is 2. The number of rotatable bonds is 3. The molecular weight excluding hydrogens is 222 g/mol. The third kappa shape index (κ3) is 1.83. The Kier molecular flexibility index (Phi) is 2.67. The lowest BCUT2D eigenvalue weighted by Gasteiger charge is -2.15. The van der Waals surface area contributed by atoms with Crippen LogP contribution in [0.25, 0.3) is 11.0 Å². The van der Waals surface area contributed by atoms with Gasteiger partial charge < -0.3 is 10.3 Å². The topological polar surface area (TPSA) is 43.8 Å². The Labute approximate surface area is 108 Å². The van der Waals surface area contributed by atoms with Crippen molar-refractivity contribution in [3.8, 4) is 0 Å². The quantitative estimate of drug-likeness (QED) is 0.900. The monoisotopic (exact) mass is 243 g/mol. The van der Waals surface area contributed by atoms with Crippen LogP contribution in [0.4, 0.5) is 0 Å². The molecule has 0 amide bonds. The molecule has 3 rings (SSSR count). The molecule has 0 spiro atoms. The number of aryl methyl sites for hydroxylation is 1. The molecule has 1 fully saturated rings. The van der Waals surface area contributed by atoms with Crippen LogP contribution in [0.1, 0.15) is 50.0 Å². The first kappa shape index (κ1) is 11.7. The van der Waals surface area contributed by atoms with Crippen molar-refractivity contribution in [3.63, 3.8) is 0 Å². The number of fused-ring (bicyclic) bond motifs is 1. The third-order valence-corrected chi connectivity index (χ3v) is 3.99. The van der Waals surface area contributed by atoms with E-state index in [0.717, 1.165) is 5.52 Å². The Morgan fingerprint density at radius 1 is 1.33 bits per heavy atom. The summed E-state index contributed by atoms with van der Waals surface area (Å²) in [5.74, 6) is 2.37. The summed E-state index contributed by atoms with van der Waals surface area (Å²) in [5.41, 5.74) is 9.71. The fraction of sp³-hybridized carbons (Fsp3) is 0.533. The summed E-state index contributed by atoms with van der Waals surface area (Å²) < 4.78 is 2.23. The van der Waals surface area contributed by atoms with Crippen molar-refractivity contribution in [1.29, 1.82) is 0 Å². The minimum Gasteiger partial charge on any atom is -0.331 e. The maximum Gasteiger partial charge on any atom is 0.112 e. The fourth-order valence-corrected chi connectivity index (χ4v) is 2.53. The second-order valence-corrected chi connectivity index (χ2v) is 5.82. The lowest BCUT2D eigenvalue weighted by atomic mass is 9.97. The summed E-state index contributed by atoms with van der Waals surface area (Å²) in [7, 11) is 2.12. The normalized spacial score (nSPS) is 17.6. The van der Waals surface area contributed by atoms with Crippen LogP contribution in [-0.4, -0.2) is 9.55 Å². The molecule has 0 bridgehead atoms. The van der Waals surface area contributed by atoms with Gasteiger partial charge in [0.25, 0.3) is 0 Å². The summed E-state index contributed by atoms with van der Waals surface area (Å²) in [6.45, 7) is 4.31. The van der Waals surface area contributed by atoms with Crippen molar-refractivity contribution in [2.75, 3.05) is 0 Å². The lowest BCUT2D eigenvalue weighted by Crippen LogP contribution is -2.16. The first-order chi connectivity index (χ1) is 8.58. The minimum absolute atomic E-state index is 0.0979. The zero-order chi connectivity index (χ0) is 12.9. The van der Waals surface area contributed by atoms with Gasteiger partial charge in [0.15, 0.2) is 0 Å².